The molecule has 1 aromatic heterocycles. The summed E-state index contributed by atoms with van der Waals surface area (Å²) in [4.78, 5) is 4.72. The van der Waals surface area contributed by atoms with Gasteiger partial charge in [-0.2, -0.15) is 4.98 Å². The number of hydrogen-bond donors (Lipinski definition) is 1. The Morgan fingerprint density at radius 3 is 2.84 bits per heavy atom. The maximum absolute atomic E-state index is 5.60. The molecule has 3 rings (SSSR count). The van der Waals surface area contributed by atoms with E-state index in [-0.39, 0.29) is 5.41 Å². The fourth-order valence-electron chi connectivity index (χ4n) is 3.68. The molecule has 1 unspecified atom stereocenters. The van der Waals surface area contributed by atoms with Crippen LogP contribution < -0.4 is 5.32 Å². The molecule has 19 heavy (non-hydrogen) atoms. The van der Waals surface area contributed by atoms with Gasteiger partial charge in [-0.3, -0.25) is 0 Å². The zero-order valence-electron chi connectivity index (χ0n) is 12.0. The maximum atomic E-state index is 5.60. The van der Waals surface area contributed by atoms with Gasteiger partial charge in [0.25, 0.3) is 0 Å². The van der Waals surface area contributed by atoms with Crippen molar-refractivity contribution in [2.24, 2.45) is 5.92 Å². The van der Waals surface area contributed by atoms with Crippen molar-refractivity contribution in [3.63, 3.8) is 0 Å². The first-order valence-electron chi connectivity index (χ1n) is 7.86. The average molecular weight is 263 g/mol. The Kier molecular flexibility index (Phi) is 3.87. The van der Waals surface area contributed by atoms with Gasteiger partial charge in [-0.15, -0.1) is 0 Å². The Morgan fingerprint density at radius 2 is 2.16 bits per heavy atom. The third-order valence-corrected chi connectivity index (χ3v) is 5.03. The van der Waals surface area contributed by atoms with Crippen LogP contribution in [0.4, 0.5) is 0 Å². The lowest BCUT2D eigenvalue weighted by Gasteiger charge is -2.22. The van der Waals surface area contributed by atoms with Gasteiger partial charge < -0.3 is 9.84 Å². The van der Waals surface area contributed by atoms with Gasteiger partial charge in [-0.05, 0) is 51.1 Å². The lowest BCUT2D eigenvalue weighted by molar-refractivity contribution is 0.270. The molecular formula is C15H25N3O. The minimum absolute atomic E-state index is 0.191. The molecule has 1 aliphatic heterocycles. The topological polar surface area (TPSA) is 51.0 Å². The van der Waals surface area contributed by atoms with E-state index in [4.69, 9.17) is 9.51 Å². The van der Waals surface area contributed by atoms with Crippen molar-refractivity contribution in [2.75, 3.05) is 13.1 Å². The molecule has 2 heterocycles. The lowest BCUT2D eigenvalue weighted by Crippen LogP contribution is -2.31. The van der Waals surface area contributed by atoms with Gasteiger partial charge in [0.1, 0.15) is 0 Å². The van der Waals surface area contributed by atoms with Crippen LogP contribution in [-0.4, -0.2) is 23.2 Å². The smallest absolute Gasteiger partial charge is 0.232 e. The van der Waals surface area contributed by atoms with Crippen molar-refractivity contribution in [3.8, 4) is 0 Å². The molecule has 1 aliphatic carbocycles. The highest BCUT2D eigenvalue weighted by Crippen LogP contribution is 2.42. The van der Waals surface area contributed by atoms with E-state index < -0.39 is 0 Å². The lowest BCUT2D eigenvalue weighted by atomic mass is 9.83. The Morgan fingerprint density at radius 1 is 1.32 bits per heavy atom. The largest absolute Gasteiger partial charge is 0.339 e. The number of aromatic nitrogens is 2. The van der Waals surface area contributed by atoms with Crippen molar-refractivity contribution in [1.82, 2.24) is 15.5 Å². The van der Waals surface area contributed by atoms with Gasteiger partial charge in [0, 0.05) is 11.8 Å². The fourth-order valence-corrected chi connectivity index (χ4v) is 3.68. The molecule has 1 N–H and O–H groups in total. The van der Waals surface area contributed by atoms with E-state index in [1.807, 2.05) is 0 Å². The molecule has 1 aromatic rings. The summed E-state index contributed by atoms with van der Waals surface area (Å²) in [6, 6.07) is 0. The molecule has 2 fully saturated rings. The second kappa shape index (κ2) is 5.61. The third-order valence-electron chi connectivity index (χ3n) is 5.03. The van der Waals surface area contributed by atoms with Gasteiger partial charge in [0.15, 0.2) is 5.82 Å². The Hall–Kier alpha value is -0.900. The van der Waals surface area contributed by atoms with Gasteiger partial charge >= 0.3 is 0 Å². The van der Waals surface area contributed by atoms with Gasteiger partial charge in [0.2, 0.25) is 5.89 Å². The van der Waals surface area contributed by atoms with E-state index in [1.54, 1.807) is 0 Å². The molecule has 1 saturated heterocycles. The molecule has 0 spiro atoms. The summed E-state index contributed by atoms with van der Waals surface area (Å²) in [5.41, 5.74) is 0.191. The second-order valence-corrected chi connectivity index (χ2v) is 6.27. The monoisotopic (exact) mass is 263 g/mol. The van der Waals surface area contributed by atoms with E-state index in [0.29, 0.717) is 5.92 Å². The van der Waals surface area contributed by atoms with E-state index in [9.17, 15) is 0 Å². The van der Waals surface area contributed by atoms with Crippen LogP contribution in [-0.2, 0) is 11.8 Å². The molecule has 106 valence electrons. The third kappa shape index (κ3) is 2.69. The Labute approximate surface area is 115 Å². The quantitative estimate of drug-likeness (QED) is 0.907. The van der Waals surface area contributed by atoms with Crippen LogP contribution in [0.2, 0.25) is 0 Å². The number of rotatable bonds is 4. The van der Waals surface area contributed by atoms with Gasteiger partial charge in [-0.25, -0.2) is 0 Å². The predicted octanol–water partition coefficient (Wildman–Crippen LogP) is 2.83. The van der Waals surface area contributed by atoms with Crippen LogP contribution in [0, 0.1) is 5.92 Å². The van der Waals surface area contributed by atoms with Crippen molar-refractivity contribution in [1.29, 1.82) is 0 Å². The van der Waals surface area contributed by atoms with Crippen molar-refractivity contribution in [3.05, 3.63) is 11.7 Å². The number of nitrogens with zero attached hydrogens (tertiary/aromatic N) is 2. The summed E-state index contributed by atoms with van der Waals surface area (Å²) < 4.78 is 5.60. The zero-order chi connectivity index (χ0) is 13.1. The molecule has 0 radical (unpaired) electrons. The summed E-state index contributed by atoms with van der Waals surface area (Å²) >= 11 is 0. The Bertz CT molecular complexity index is 403. The molecular weight excluding hydrogens is 238 g/mol. The number of piperidine rings is 1. The van der Waals surface area contributed by atoms with Crippen LogP contribution in [0.15, 0.2) is 4.52 Å². The highest BCUT2D eigenvalue weighted by molar-refractivity contribution is 5.08. The molecule has 2 aliphatic rings. The average Bonchev–Trinajstić information content (AvgIpc) is 3.09. The molecule has 4 nitrogen and oxygen atoms in total. The standard InChI is InChI=1S/C15H25N3O/c1-2-15(7-3-4-8-15)14-17-13(18-19-14)10-12-6-5-9-16-11-12/h12,16H,2-11H2,1H3. The predicted molar refractivity (Wildman–Crippen MR) is 74.0 cm³/mol. The number of hydrogen-bond acceptors (Lipinski definition) is 4. The second-order valence-electron chi connectivity index (χ2n) is 6.27. The van der Waals surface area contributed by atoms with Crippen LogP contribution in [0.3, 0.4) is 0 Å². The number of nitrogens with one attached hydrogen (secondary N) is 1. The van der Waals surface area contributed by atoms with Crippen LogP contribution in [0.5, 0.6) is 0 Å². The van der Waals surface area contributed by atoms with Gasteiger partial charge in [0.05, 0.1) is 0 Å². The summed E-state index contributed by atoms with van der Waals surface area (Å²) in [6.07, 6.45) is 9.70. The van der Waals surface area contributed by atoms with Crippen LogP contribution >= 0.6 is 0 Å². The van der Waals surface area contributed by atoms with Crippen LogP contribution in [0.1, 0.15) is 63.6 Å². The normalized spacial score (nSPS) is 26.7. The highest BCUT2D eigenvalue weighted by Gasteiger charge is 2.39. The molecule has 1 atom stereocenters. The molecule has 0 bridgehead atoms. The van der Waals surface area contributed by atoms with E-state index in [2.05, 4.69) is 17.4 Å². The van der Waals surface area contributed by atoms with Gasteiger partial charge in [-0.1, -0.05) is 24.9 Å². The van der Waals surface area contributed by atoms with E-state index in [0.717, 1.165) is 37.6 Å². The van der Waals surface area contributed by atoms with E-state index in [1.165, 1.54) is 38.5 Å². The zero-order valence-corrected chi connectivity index (χ0v) is 12.0. The fraction of sp³-hybridized carbons (Fsp3) is 0.867. The van der Waals surface area contributed by atoms with Crippen molar-refractivity contribution < 1.29 is 4.52 Å². The van der Waals surface area contributed by atoms with E-state index >= 15 is 0 Å². The summed E-state index contributed by atoms with van der Waals surface area (Å²) in [5, 5.41) is 7.68. The van der Waals surface area contributed by atoms with Crippen molar-refractivity contribution in [2.45, 2.75) is 63.7 Å². The minimum Gasteiger partial charge on any atom is -0.339 e. The molecule has 4 heteroatoms. The first kappa shape index (κ1) is 13.1. The van der Waals surface area contributed by atoms with Crippen molar-refractivity contribution >= 4 is 0 Å². The Balaban J connectivity index is 1.68. The SMILES string of the molecule is CCC1(c2nc(CC3CCCNC3)no2)CCCC1. The molecule has 0 amide bonds. The minimum atomic E-state index is 0.191. The molecule has 0 aromatic carbocycles. The maximum Gasteiger partial charge on any atom is 0.232 e. The first-order valence-corrected chi connectivity index (χ1v) is 7.86. The van der Waals surface area contributed by atoms with Crippen LogP contribution in [0.25, 0.3) is 0 Å². The first-order chi connectivity index (χ1) is 9.32. The molecule has 1 saturated carbocycles. The summed E-state index contributed by atoms with van der Waals surface area (Å²) in [5.74, 6) is 2.51. The summed E-state index contributed by atoms with van der Waals surface area (Å²) in [6.45, 7) is 4.51. The highest BCUT2D eigenvalue weighted by atomic mass is 16.5. The summed E-state index contributed by atoms with van der Waals surface area (Å²) in [7, 11) is 0.